The molecule has 2 aliphatic rings. The van der Waals surface area contributed by atoms with Crippen LogP contribution < -0.4 is 20.4 Å². The van der Waals surface area contributed by atoms with E-state index in [0.717, 1.165) is 6.07 Å². The maximum atomic E-state index is 15.5. The number of alkyl carbamates (subject to hydrolysis) is 1. The Morgan fingerprint density at radius 3 is 2.71 bits per heavy atom. The van der Waals surface area contributed by atoms with Crippen LogP contribution >= 0.6 is 0 Å². The maximum absolute atomic E-state index is 15.5. The van der Waals surface area contributed by atoms with Crippen LogP contribution in [-0.2, 0) is 4.74 Å². The van der Waals surface area contributed by atoms with Crippen LogP contribution in [0.25, 0.3) is 16.6 Å². The first-order chi connectivity index (χ1) is 16.5. The Hall–Kier alpha value is -4.08. The van der Waals surface area contributed by atoms with Crippen LogP contribution in [0.15, 0.2) is 41.3 Å². The average molecular weight is 481 g/mol. The van der Waals surface area contributed by atoms with E-state index in [2.05, 4.69) is 5.32 Å². The van der Waals surface area contributed by atoms with Crippen molar-refractivity contribution >= 4 is 28.7 Å². The van der Waals surface area contributed by atoms with E-state index in [1.54, 1.807) is 54.5 Å². The summed E-state index contributed by atoms with van der Waals surface area (Å²) < 4.78 is 28.5. The average Bonchev–Trinajstić information content (AvgIpc) is 3.21. The third kappa shape index (κ3) is 3.94. The minimum atomic E-state index is -1.40. The van der Waals surface area contributed by atoms with Crippen molar-refractivity contribution in [1.82, 2.24) is 9.88 Å². The van der Waals surface area contributed by atoms with Gasteiger partial charge in [0.05, 0.1) is 17.1 Å². The number of anilines is 1. The maximum Gasteiger partial charge on any atom is 0.407 e. The Morgan fingerprint density at radius 1 is 1.26 bits per heavy atom. The van der Waals surface area contributed by atoms with Crippen molar-refractivity contribution in [2.45, 2.75) is 38.8 Å². The molecule has 1 unspecified atom stereocenters. The lowest BCUT2D eigenvalue weighted by Crippen LogP contribution is -2.40. The van der Waals surface area contributed by atoms with Crippen LogP contribution in [0.3, 0.4) is 0 Å². The second kappa shape index (κ2) is 8.00. The molecular weight excluding hydrogens is 457 g/mol. The quantitative estimate of drug-likeness (QED) is 0.455. The number of carboxylic acids is 1. The Kier molecular flexibility index (Phi) is 5.19. The largest absolute Gasteiger partial charge is 0.477 e. The van der Waals surface area contributed by atoms with Crippen molar-refractivity contribution < 1.29 is 28.6 Å². The molecule has 2 N–H and O–H groups in total. The number of halogens is 1. The number of rotatable bonds is 3. The molecule has 0 saturated carbocycles. The predicted molar refractivity (Wildman–Crippen MR) is 127 cm³/mol. The number of carbonyl (C=O) groups excluding carboxylic acids is 1. The molecule has 1 amide bonds. The minimum absolute atomic E-state index is 0.0849. The molecule has 5 rings (SSSR count). The highest BCUT2D eigenvalue weighted by atomic mass is 19.1. The molecule has 9 nitrogen and oxygen atoms in total. The Morgan fingerprint density at radius 2 is 2.00 bits per heavy atom. The molecule has 0 radical (unpaired) electrons. The molecule has 1 fully saturated rings. The van der Waals surface area contributed by atoms with Gasteiger partial charge in [-0.25, -0.2) is 14.0 Å². The van der Waals surface area contributed by atoms with E-state index in [1.807, 2.05) is 0 Å². The number of benzene rings is 2. The molecule has 1 aromatic heterocycles. The van der Waals surface area contributed by atoms with Crippen molar-refractivity contribution in [2.24, 2.45) is 0 Å². The number of hydrogen-bond donors (Lipinski definition) is 2. The second-order valence-corrected chi connectivity index (χ2v) is 9.63. The van der Waals surface area contributed by atoms with Crippen molar-refractivity contribution in [2.75, 3.05) is 18.0 Å². The van der Waals surface area contributed by atoms with Crippen molar-refractivity contribution in [3.8, 4) is 17.2 Å². The highest BCUT2D eigenvalue weighted by Crippen LogP contribution is 2.47. The number of aromatic carboxylic acids is 1. The van der Waals surface area contributed by atoms with Gasteiger partial charge in [-0.1, -0.05) is 12.1 Å². The predicted octanol–water partition coefficient (Wildman–Crippen LogP) is 4.04. The third-order valence-corrected chi connectivity index (χ3v) is 5.96. The topological polar surface area (TPSA) is 110 Å². The summed E-state index contributed by atoms with van der Waals surface area (Å²) in [6.07, 6.45) is 1.25. The lowest BCUT2D eigenvalue weighted by Gasteiger charge is -2.29. The van der Waals surface area contributed by atoms with Crippen molar-refractivity contribution in [3.05, 3.63) is 58.1 Å². The van der Waals surface area contributed by atoms with Crippen molar-refractivity contribution in [1.29, 1.82) is 0 Å². The summed E-state index contributed by atoms with van der Waals surface area (Å²) in [6.45, 7) is 6.04. The van der Waals surface area contributed by atoms with E-state index in [-0.39, 0.29) is 22.9 Å². The number of nitrogens with one attached hydrogen (secondary N) is 1. The number of pyridine rings is 1. The monoisotopic (exact) mass is 481 g/mol. The van der Waals surface area contributed by atoms with Gasteiger partial charge in [0.15, 0.2) is 17.3 Å². The molecule has 182 valence electrons. The second-order valence-electron chi connectivity index (χ2n) is 9.63. The first-order valence-electron chi connectivity index (χ1n) is 11.2. The fourth-order valence-electron chi connectivity index (χ4n) is 4.56. The van der Waals surface area contributed by atoms with Gasteiger partial charge in [0.25, 0.3) is 0 Å². The number of amides is 1. The van der Waals surface area contributed by atoms with Gasteiger partial charge in [0.1, 0.15) is 22.4 Å². The lowest BCUT2D eigenvalue weighted by atomic mass is 10.1. The molecular formula is C25H24FN3O6. The molecule has 3 aromatic rings. The molecule has 2 aromatic carbocycles. The Bertz CT molecular complexity index is 1440. The number of carbonyl (C=O) groups is 2. The number of para-hydroxylation sites is 2. The van der Waals surface area contributed by atoms with Gasteiger partial charge in [-0.05, 0) is 45.4 Å². The summed E-state index contributed by atoms with van der Waals surface area (Å²) in [6, 6.07) is 7.71. The van der Waals surface area contributed by atoms with E-state index in [9.17, 15) is 19.5 Å². The molecule has 0 spiro atoms. The van der Waals surface area contributed by atoms with Crippen LogP contribution in [0.2, 0.25) is 0 Å². The van der Waals surface area contributed by atoms with E-state index < -0.39 is 34.5 Å². The van der Waals surface area contributed by atoms with E-state index in [1.165, 1.54) is 6.20 Å². The van der Waals surface area contributed by atoms with E-state index >= 15 is 4.39 Å². The van der Waals surface area contributed by atoms with Gasteiger partial charge in [-0.15, -0.1) is 0 Å². The Balaban J connectivity index is 1.60. The fourth-order valence-corrected chi connectivity index (χ4v) is 4.56. The molecule has 2 aliphatic heterocycles. The first kappa shape index (κ1) is 22.7. The lowest BCUT2D eigenvalue weighted by molar-refractivity contribution is 0.0508. The van der Waals surface area contributed by atoms with Crippen LogP contribution in [0.1, 0.15) is 37.6 Å². The zero-order chi connectivity index (χ0) is 25.1. The van der Waals surface area contributed by atoms with Gasteiger partial charge in [-0.2, -0.15) is 0 Å². The smallest absolute Gasteiger partial charge is 0.407 e. The number of hydrogen-bond acceptors (Lipinski definition) is 6. The van der Waals surface area contributed by atoms with E-state index in [0.29, 0.717) is 36.5 Å². The number of aromatic nitrogens is 1. The standard InChI is InChI=1S/C25H24FN3O6/c1-25(2,3)35-24(33)27-13-8-9-28(11-13)20-16(26)10-14-19-22(20)34-18-7-5-4-6-17(18)29(19)12-15(21(14)30)23(31)32/h4-7,10,12-13H,8-9,11H2,1-3H3,(H,27,33)(H,31,32). The van der Waals surface area contributed by atoms with Gasteiger partial charge in [-0.3, -0.25) is 4.79 Å². The molecule has 35 heavy (non-hydrogen) atoms. The van der Waals surface area contributed by atoms with Crippen molar-refractivity contribution in [3.63, 3.8) is 0 Å². The SMILES string of the molecule is CC(C)(C)OC(=O)NC1CCN(c2c(F)cc3c(=O)c(C(=O)O)cn4c3c2Oc2ccccc2-4)C1. The molecule has 1 saturated heterocycles. The summed E-state index contributed by atoms with van der Waals surface area (Å²) in [5, 5.41) is 12.3. The van der Waals surface area contributed by atoms with Crippen LogP contribution in [0.5, 0.6) is 11.5 Å². The number of ether oxygens (including phenoxy) is 2. The molecule has 0 bridgehead atoms. The summed E-state index contributed by atoms with van der Waals surface area (Å²) in [5.74, 6) is -1.58. The van der Waals surface area contributed by atoms with E-state index in [4.69, 9.17) is 9.47 Å². The highest BCUT2D eigenvalue weighted by Gasteiger charge is 2.34. The number of carboxylic acid groups (broad SMARTS) is 1. The van der Waals surface area contributed by atoms with Gasteiger partial charge < -0.3 is 29.4 Å². The summed E-state index contributed by atoms with van der Waals surface area (Å²) in [4.78, 5) is 38.6. The van der Waals surface area contributed by atoms with Gasteiger partial charge >= 0.3 is 12.1 Å². The first-order valence-corrected chi connectivity index (χ1v) is 11.2. The molecule has 10 heteroatoms. The summed E-state index contributed by atoms with van der Waals surface area (Å²) in [7, 11) is 0. The fraction of sp³-hybridized carbons (Fsp3) is 0.320. The number of nitrogens with zero attached hydrogens (tertiary/aromatic N) is 2. The van der Waals surface area contributed by atoms with Gasteiger partial charge in [0, 0.05) is 19.3 Å². The Labute approximate surface area is 199 Å². The third-order valence-electron chi connectivity index (χ3n) is 5.96. The molecule has 3 heterocycles. The number of fused-ring (bicyclic) bond motifs is 2. The van der Waals surface area contributed by atoms with Gasteiger partial charge in [0.2, 0.25) is 5.43 Å². The minimum Gasteiger partial charge on any atom is -0.477 e. The van der Waals surface area contributed by atoms with Crippen LogP contribution in [-0.4, -0.2) is 46.5 Å². The zero-order valence-corrected chi connectivity index (χ0v) is 19.4. The normalized spacial score (nSPS) is 16.6. The molecule has 1 atom stereocenters. The zero-order valence-electron chi connectivity index (χ0n) is 19.4. The van der Waals surface area contributed by atoms with Crippen LogP contribution in [0.4, 0.5) is 14.9 Å². The summed E-state index contributed by atoms with van der Waals surface area (Å²) in [5.41, 5.74) is -0.915. The van der Waals surface area contributed by atoms with Crippen LogP contribution in [0, 0.1) is 5.82 Å². The summed E-state index contributed by atoms with van der Waals surface area (Å²) >= 11 is 0. The molecule has 0 aliphatic carbocycles. The highest BCUT2D eigenvalue weighted by molar-refractivity contribution is 5.99.